The van der Waals surface area contributed by atoms with Crippen molar-refractivity contribution in [2.24, 2.45) is 5.92 Å². The molecule has 0 saturated carbocycles. The van der Waals surface area contributed by atoms with Gasteiger partial charge >= 0.3 is 0 Å². The number of hydrogen-bond acceptors (Lipinski definition) is 3. The van der Waals surface area contributed by atoms with Crippen LogP contribution < -0.4 is 5.32 Å². The second kappa shape index (κ2) is 7.40. The topological polar surface area (TPSA) is 72.2 Å². The normalized spacial score (nSPS) is 12.0. The quantitative estimate of drug-likeness (QED) is 0.636. The molecule has 24 heavy (non-hydrogen) atoms. The number of nitrogens with one attached hydrogen (secondary N) is 1. The number of nitro benzene ring substituents is 1. The Kier molecular flexibility index (Phi) is 5.51. The monoisotopic (exact) mass is 350 g/mol. The van der Waals surface area contributed by atoms with Crippen molar-refractivity contribution in [2.75, 3.05) is 0 Å². The minimum absolute atomic E-state index is 0.0319. The molecule has 1 atom stereocenters. The van der Waals surface area contributed by atoms with Gasteiger partial charge in [0.25, 0.3) is 11.6 Å². The molecule has 0 aliphatic heterocycles. The average Bonchev–Trinajstić information content (AvgIpc) is 2.53. The number of nitrogens with zero attached hydrogens (tertiary/aromatic N) is 1. The summed E-state index contributed by atoms with van der Waals surface area (Å²) in [6.07, 6.45) is 0. The minimum atomic E-state index is -0.640. The summed E-state index contributed by atoms with van der Waals surface area (Å²) in [5.41, 5.74) is 0.564. The zero-order valence-electron chi connectivity index (χ0n) is 13.1. The highest BCUT2D eigenvalue weighted by molar-refractivity contribution is 6.32. The van der Waals surface area contributed by atoms with Gasteiger partial charge in [-0.15, -0.1) is 0 Å². The third-order valence-corrected chi connectivity index (χ3v) is 3.91. The molecule has 0 aromatic heterocycles. The smallest absolute Gasteiger partial charge is 0.288 e. The van der Waals surface area contributed by atoms with E-state index in [0.717, 1.165) is 11.6 Å². The van der Waals surface area contributed by atoms with Crippen molar-refractivity contribution >= 4 is 23.2 Å². The van der Waals surface area contributed by atoms with Gasteiger partial charge in [-0.2, -0.15) is 0 Å². The summed E-state index contributed by atoms with van der Waals surface area (Å²) in [5.74, 6) is -0.777. The molecule has 0 heterocycles. The fraction of sp³-hybridized carbons (Fsp3) is 0.235. The number of benzene rings is 2. The number of hydrogen-bond donors (Lipinski definition) is 1. The van der Waals surface area contributed by atoms with Crippen LogP contribution in [0, 0.1) is 21.8 Å². The van der Waals surface area contributed by atoms with Crippen LogP contribution in [-0.4, -0.2) is 10.8 Å². The number of rotatable bonds is 5. The van der Waals surface area contributed by atoms with Gasteiger partial charge in [-0.25, -0.2) is 4.39 Å². The molecule has 5 nitrogen and oxygen atoms in total. The molecule has 0 fully saturated rings. The van der Waals surface area contributed by atoms with E-state index >= 15 is 0 Å². The van der Waals surface area contributed by atoms with Crippen LogP contribution in [0.25, 0.3) is 0 Å². The average molecular weight is 351 g/mol. The Morgan fingerprint density at radius 1 is 1.21 bits per heavy atom. The summed E-state index contributed by atoms with van der Waals surface area (Å²) in [6.45, 7) is 3.83. The fourth-order valence-corrected chi connectivity index (χ4v) is 2.51. The van der Waals surface area contributed by atoms with Crippen molar-refractivity contribution in [1.82, 2.24) is 5.32 Å². The minimum Gasteiger partial charge on any atom is -0.345 e. The number of carbonyl (C=O) groups excluding carboxylic acids is 1. The van der Waals surface area contributed by atoms with E-state index in [-0.39, 0.29) is 34.1 Å². The highest BCUT2D eigenvalue weighted by atomic mass is 35.5. The van der Waals surface area contributed by atoms with E-state index in [1.165, 1.54) is 24.3 Å². The highest BCUT2D eigenvalue weighted by Crippen LogP contribution is 2.26. The lowest BCUT2D eigenvalue weighted by atomic mass is 9.95. The summed E-state index contributed by atoms with van der Waals surface area (Å²) in [4.78, 5) is 22.7. The Morgan fingerprint density at radius 3 is 2.38 bits per heavy atom. The predicted molar refractivity (Wildman–Crippen MR) is 89.6 cm³/mol. The molecule has 0 unspecified atom stereocenters. The molecular formula is C17H16ClFN2O3. The van der Waals surface area contributed by atoms with E-state index in [4.69, 9.17) is 11.6 Å². The lowest BCUT2D eigenvalue weighted by molar-refractivity contribution is -0.384. The van der Waals surface area contributed by atoms with Gasteiger partial charge in [-0.1, -0.05) is 37.6 Å². The Labute approximate surface area is 143 Å². The van der Waals surface area contributed by atoms with Gasteiger partial charge in [0.05, 0.1) is 11.0 Å². The van der Waals surface area contributed by atoms with Crippen LogP contribution in [0.2, 0.25) is 5.02 Å². The van der Waals surface area contributed by atoms with Gasteiger partial charge in [0.15, 0.2) is 0 Å². The maximum absolute atomic E-state index is 13.1. The Bertz CT molecular complexity index is 763. The van der Waals surface area contributed by atoms with Gasteiger partial charge in [0.2, 0.25) is 0 Å². The molecule has 0 bridgehead atoms. The van der Waals surface area contributed by atoms with E-state index in [2.05, 4.69) is 5.32 Å². The van der Waals surface area contributed by atoms with Crippen molar-refractivity contribution < 1.29 is 14.1 Å². The summed E-state index contributed by atoms with van der Waals surface area (Å²) in [6, 6.07) is 9.37. The van der Waals surface area contributed by atoms with Crippen molar-refractivity contribution in [3.8, 4) is 0 Å². The number of amides is 1. The van der Waals surface area contributed by atoms with E-state index in [0.29, 0.717) is 0 Å². The summed E-state index contributed by atoms with van der Waals surface area (Å²) in [7, 11) is 0. The predicted octanol–water partition coefficient (Wildman–Crippen LogP) is 4.51. The molecule has 0 radical (unpaired) electrons. The Morgan fingerprint density at radius 2 is 1.83 bits per heavy atom. The first kappa shape index (κ1) is 17.9. The molecule has 0 spiro atoms. The van der Waals surface area contributed by atoms with Crippen molar-refractivity contribution in [1.29, 1.82) is 0 Å². The molecule has 0 saturated heterocycles. The van der Waals surface area contributed by atoms with Crippen molar-refractivity contribution in [3.63, 3.8) is 0 Å². The van der Waals surface area contributed by atoms with Crippen LogP contribution in [0.1, 0.15) is 35.8 Å². The molecule has 2 aromatic rings. The van der Waals surface area contributed by atoms with E-state index in [1.807, 2.05) is 13.8 Å². The number of halogens is 2. The van der Waals surface area contributed by atoms with Gasteiger partial charge in [-0.3, -0.25) is 14.9 Å². The summed E-state index contributed by atoms with van der Waals surface area (Å²) >= 11 is 5.75. The molecule has 7 heteroatoms. The molecule has 126 valence electrons. The Balaban J connectivity index is 2.27. The third kappa shape index (κ3) is 4.08. The Hall–Kier alpha value is -2.47. The van der Waals surface area contributed by atoms with E-state index in [1.54, 1.807) is 12.1 Å². The number of nitro groups is 1. The highest BCUT2D eigenvalue weighted by Gasteiger charge is 2.21. The SMILES string of the molecule is CC(C)[C@@H](NC(=O)c1ccc(Cl)c([N+](=O)[O-])c1)c1ccc(F)cc1. The van der Waals surface area contributed by atoms with E-state index in [9.17, 15) is 19.3 Å². The summed E-state index contributed by atoms with van der Waals surface area (Å²) < 4.78 is 13.1. The summed E-state index contributed by atoms with van der Waals surface area (Å²) in [5, 5.41) is 13.7. The van der Waals surface area contributed by atoms with Gasteiger partial charge in [-0.05, 0) is 35.7 Å². The van der Waals surface area contributed by atoms with Crippen molar-refractivity contribution in [3.05, 3.63) is 74.5 Å². The van der Waals surface area contributed by atoms with Crippen LogP contribution in [0.3, 0.4) is 0 Å². The first-order valence-corrected chi connectivity index (χ1v) is 7.67. The lowest BCUT2D eigenvalue weighted by Gasteiger charge is -2.23. The zero-order valence-corrected chi connectivity index (χ0v) is 13.9. The second-order valence-corrected chi connectivity index (χ2v) is 6.08. The van der Waals surface area contributed by atoms with Crippen molar-refractivity contribution in [2.45, 2.75) is 19.9 Å². The molecule has 0 aliphatic rings. The lowest BCUT2D eigenvalue weighted by Crippen LogP contribution is -2.31. The molecule has 0 aliphatic carbocycles. The van der Waals surface area contributed by atoms with Crippen LogP contribution in [0.4, 0.5) is 10.1 Å². The third-order valence-electron chi connectivity index (χ3n) is 3.59. The van der Waals surface area contributed by atoms with Crippen LogP contribution >= 0.6 is 11.6 Å². The molecular weight excluding hydrogens is 335 g/mol. The molecule has 1 amide bonds. The fourth-order valence-electron chi connectivity index (χ4n) is 2.32. The van der Waals surface area contributed by atoms with Gasteiger partial charge < -0.3 is 5.32 Å². The van der Waals surface area contributed by atoms with Gasteiger partial charge in [0.1, 0.15) is 10.8 Å². The molecule has 2 rings (SSSR count). The zero-order chi connectivity index (χ0) is 17.9. The first-order valence-electron chi connectivity index (χ1n) is 7.30. The maximum atomic E-state index is 13.1. The van der Waals surface area contributed by atoms with Crippen LogP contribution in [0.5, 0.6) is 0 Å². The first-order chi connectivity index (χ1) is 11.3. The maximum Gasteiger partial charge on any atom is 0.288 e. The van der Waals surface area contributed by atoms with Crippen LogP contribution in [-0.2, 0) is 0 Å². The number of carbonyl (C=O) groups is 1. The molecule has 2 aromatic carbocycles. The van der Waals surface area contributed by atoms with E-state index < -0.39 is 10.8 Å². The molecule has 1 N–H and O–H groups in total. The second-order valence-electron chi connectivity index (χ2n) is 5.67. The van der Waals surface area contributed by atoms with Crippen LogP contribution in [0.15, 0.2) is 42.5 Å². The standard InChI is InChI=1S/C17H16ClFN2O3/c1-10(2)16(11-3-6-13(19)7-4-11)20-17(22)12-5-8-14(18)15(9-12)21(23)24/h3-10,16H,1-2H3,(H,20,22)/t16-/m1/s1. The van der Waals surface area contributed by atoms with Gasteiger partial charge in [0, 0.05) is 11.6 Å². The largest absolute Gasteiger partial charge is 0.345 e.